The predicted molar refractivity (Wildman–Crippen MR) is 89.8 cm³/mol. The molecule has 1 atom stereocenters. The number of aromatic amines is 1. The summed E-state index contributed by atoms with van der Waals surface area (Å²) in [6.45, 7) is 6.17. The van der Waals surface area contributed by atoms with Gasteiger partial charge in [-0.15, -0.1) is 5.10 Å². The van der Waals surface area contributed by atoms with Crippen molar-refractivity contribution in [3.63, 3.8) is 0 Å². The standard InChI is InChI=1S/C16H22N4OS/c1-4-11(3)17-14(21)10-22-16-18-15(19-20-16)13-8-6-12(5-2)7-9-13/h6-9,11H,4-5,10H2,1-3H3,(H,17,21)(H,18,19,20)/t11-/m1/s1. The maximum absolute atomic E-state index is 11.7. The van der Waals surface area contributed by atoms with Crippen LogP contribution in [0.3, 0.4) is 0 Å². The molecule has 2 aromatic rings. The van der Waals surface area contributed by atoms with Gasteiger partial charge in [0.15, 0.2) is 5.82 Å². The van der Waals surface area contributed by atoms with E-state index in [2.05, 4.69) is 39.6 Å². The average Bonchev–Trinajstić information content (AvgIpc) is 3.02. The molecule has 0 aliphatic heterocycles. The second-order valence-corrected chi connectivity index (χ2v) is 6.13. The average molecular weight is 318 g/mol. The van der Waals surface area contributed by atoms with Crippen molar-refractivity contribution in [3.8, 4) is 11.4 Å². The molecular weight excluding hydrogens is 296 g/mol. The van der Waals surface area contributed by atoms with Gasteiger partial charge in [0, 0.05) is 11.6 Å². The molecule has 2 N–H and O–H groups in total. The van der Waals surface area contributed by atoms with Crippen LogP contribution in [-0.4, -0.2) is 32.9 Å². The van der Waals surface area contributed by atoms with Gasteiger partial charge >= 0.3 is 0 Å². The highest BCUT2D eigenvalue weighted by atomic mass is 32.2. The number of rotatable bonds is 7. The molecule has 0 bridgehead atoms. The van der Waals surface area contributed by atoms with E-state index in [-0.39, 0.29) is 11.9 Å². The largest absolute Gasteiger partial charge is 0.353 e. The monoisotopic (exact) mass is 318 g/mol. The third-order valence-corrected chi connectivity index (χ3v) is 4.30. The number of hydrogen-bond acceptors (Lipinski definition) is 4. The molecule has 5 nitrogen and oxygen atoms in total. The van der Waals surface area contributed by atoms with E-state index in [9.17, 15) is 4.79 Å². The number of hydrogen-bond donors (Lipinski definition) is 2. The number of aromatic nitrogens is 3. The van der Waals surface area contributed by atoms with Gasteiger partial charge in [-0.25, -0.2) is 4.98 Å². The molecule has 118 valence electrons. The first-order valence-corrected chi connectivity index (χ1v) is 8.54. The number of aryl methyl sites for hydroxylation is 1. The first kappa shape index (κ1) is 16.5. The first-order chi connectivity index (χ1) is 10.6. The van der Waals surface area contributed by atoms with Gasteiger partial charge in [0.05, 0.1) is 5.75 Å². The summed E-state index contributed by atoms with van der Waals surface area (Å²) >= 11 is 1.34. The SMILES string of the molecule is CCc1ccc(-c2nc(SCC(=O)N[C@H](C)CC)n[nH]2)cc1. The lowest BCUT2D eigenvalue weighted by Crippen LogP contribution is -2.33. The van der Waals surface area contributed by atoms with Gasteiger partial charge in [0.25, 0.3) is 0 Å². The van der Waals surface area contributed by atoms with Crippen LogP contribution in [0.1, 0.15) is 32.8 Å². The fourth-order valence-electron chi connectivity index (χ4n) is 1.89. The summed E-state index contributed by atoms with van der Waals surface area (Å²) in [6.07, 6.45) is 1.94. The van der Waals surface area contributed by atoms with Crippen molar-refractivity contribution in [2.75, 3.05) is 5.75 Å². The minimum atomic E-state index is 0.0120. The Labute approximate surface area is 135 Å². The van der Waals surface area contributed by atoms with Gasteiger partial charge < -0.3 is 5.32 Å². The minimum Gasteiger partial charge on any atom is -0.353 e. The van der Waals surface area contributed by atoms with Crippen LogP contribution in [0.2, 0.25) is 0 Å². The molecule has 1 amide bonds. The van der Waals surface area contributed by atoms with E-state index < -0.39 is 0 Å². The zero-order valence-electron chi connectivity index (χ0n) is 13.2. The molecule has 0 fully saturated rings. The molecule has 0 aliphatic rings. The topological polar surface area (TPSA) is 70.7 Å². The number of carbonyl (C=O) groups is 1. The lowest BCUT2D eigenvalue weighted by molar-refractivity contribution is -0.119. The summed E-state index contributed by atoms with van der Waals surface area (Å²) in [4.78, 5) is 16.2. The van der Waals surface area contributed by atoms with Crippen LogP contribution in [0.15, 0.2) is 29.4 Å². The third kappa shape index (κ3) is 4.59. The first-order valence-electron chi connectivity index (χ1n) is 7.56. The van der Waals surface area contributed by atoms with Gasteiger partial charge in [-0.05, 0) is 25.3 Å². The summed E-state index contributed by atoms with van der Waals surface area (Å²) < 4.78 is 0. The highest BCUT2D eigenvalue weighted by molar-refractivity contribution is 7.99. The van der Waals surface area contributed by atoms with Crippen molar-refractivity contribution in [2.45, 2.75) is 44.8 Å². The van der Waals surface area contributed by atoms with E-state index in [0.717, 1.165) is 24.2 Å². The van der Waals surface area contributed by atoms with Crippen LogP contribution in [-0.2, 0) is 11.2 Å². The maximum Gasteiger partial charge on any atom is 0.230 e. The van der Waals surface area contributed by atoms with Crippen LogP contribution < -0.4 is 5.32 Å². The fourth-order valence-corrected chi connectivity index (χ4v) is 2.50. The summed E-state index contributed by atoms with van der Waals surface area (Å²) in [5.41, 5.74) is 2.29. The fraction of sp³-hybridized carbons (Fsp3) is 0.438. The second-order valence-electron chi connectivity index (χ2n) is 5.18. The highest BCUT2D eigenvalue weighted by Crippen LogP contribution is 2.19. The zero-order chi connectivity index (χ0) is 15.9. The Kier molecular flexibility index (Phi) is 6.00. The quantitative estimate of drug-likeness (QED) is 0.770. The number of amides is 1. The van der Waals surface area contributed by atoms with E-state index >= 15 is 0 Å². The Morgan fingerprint density at radius 1 is 1.32 bits per heavy atom. The third-order valence-electron chi connectivity index (χ3n) is 3.45. The number of carbonyl (C=O) groups excluding carboxylic acids is 1. The van der Waals surface area contributed by atoms with Crippen LogP contribution in [0.4, 0.5) is 0 Å². The van der Waals surface area contributed by atoms with E-state index in [4.69, 9.17) is 0 Å². The zero-order valence-corrected chi connectivity index (χ0v) is 14.0. The summed E-state index contributed by atoms with van der Waals surface area (Å²) in [5, 5.41) is 10.6. The molecule has 0 aliphatic carbocycles. The maximum atomic E-state index is 11.7. The van der Waals surface area contributed by atoms with Gasteiger partial charge in [-0.2, -0.15) is 0 Å². The Balaban J connectivity index is 1.92. The van der Waals surface area contributed by atoms with Crippen LogP contribution >= 0.6 is 11.8 Å². The van der Waals surface area contributed by atoms with E-state index in [1.807, 2.05) is 26.0 Å². The molecule has 0 radical (unpaired) electrons. The van der Waals surface area contributed by atoms with Gasteiger partial charge in [-0.3, -0.25) is 9.89 Å². The van der Waals surface area contributed by atoms with Crippen LogP contribution in [0.25, 0.3) is 11.4 Å². The van der Waals surface area contributed by atoms with E-state index in [1.165, 1.54) is 17.3 Å². The molecule has 2 rings (SSSR count). The number of benzene rings is 1. The molecule has 0 saturated carbocycles. The second kappa shape index (κ2) is 7.98. The van der Waals surface area contributed by atoms with Crippen molar-refractivity contribution in [3.05, 3.63) is 29.8 Å². The summed E-state index contributed by atoms with van der Waals surface area (Å²) in [6, 6.07) is 8.44. The van der Waals surface area contributed by atoms with Crippen molar-refractivity contribution in [1.29, 1.82) is 0 Å². The predicted octanol–water partition coefficient (Wildman–Crippen LogP) is 3.04. The number of H-pyrrole nitrogens is 1. The lowest BCUT2D eigenvalue weighted by atomic mass is 10.1. The molecular formula is C16H22N4OS. The Hall–Kier alpha value is -1.82. The smallest absolute Gasteiger partial charge is 0.230 e. The highest BCUT2D eigenvalue weighted by Gasteiger charge is 2.10. The van der Waals surface area contributed by atoms with Gasteiger partial charge in [0.1, 0.15) is 0 Å². The van der Waals surface area contributed by atoms with E-state index in [1.54, 1.807) is 0 Å². The molecule has 6 heteroatoms. The molecule has 1 heterocycles. The number of nitrogens with zero attached hydrogens (tertiary/aromatic N) is 2. The Morgan fingerprint density at radius 2 is 2.05 bits per heavy atom. The molecule has 1 aromatic heterocycles. The Bertz CT molecular complexity index is 609. The lowest BCUT2D eigenvalue weighted by Gasteiger charge is -2.09. The minimum absolute atomic E-state index is 0.0120. The van der Waals surface area contributed by atoms with E-state index in [0.29, 0.717) is 10.9 Å². The van der Waals surface area contributed by atoms with Gasteiger partial charge in [0.2, 0.25) is 11.1 Å². The van der Waals surface area contributed by atoms with Crippen LogP contribution in [0, 0.1) is 0 Å². The number of thioether (sulfide) groups is 1. The normalized spacial score (nSPS) is 12.1. The summed E-state index contributed by atoms with van der Waals surface area (Å²) in [5.74, 6) is 1.07. The van der Waals surface area contributed by atoms with Crippen molar-refractivity contribution in [1.82, 2.24) is 20.5 Å². The number of nitrogens with one attached hydrogen (secondary N) is 2. The molecule has 0 spiro atoms. The molecule has 0 saturated heterocycles. The van der Waals surface area contributed by atoms with Crippen molar-refractivity contribution >= 4 is 17.7 Å². The van der Waals surface area contributed by atoms with Gasteiger partial charge in [-0.1, -0.05) is 49.9 Å². The van der Waals surface area contributed by atoms with Crippen molar-refractivity contribution < 1.29 is 4.79 Å². The van der Waals surface area contributed by atoms with Crippen LogP contribution in [0.5, 0.6) is 0 Å². The molecule has 1 aromatic carbocycles. The summed E-state index contributed by atoms with van der Waals surface area (Å²) in [7, 11) is 0. The Morgan fingerprint density at radius 3 is 2.68 bits per heavy atom. The molecule has 22 heavy (non-hydrogen) atoms. The molecule has 0 unspecified atom stereocenters. The van der Waals surface area contributed by atoms with Crippen molar-refractivity contribution in [2.24, 2.45) is 0 Å².